The zero-order valence-corrected chi connectivity index (χ0v) is 19.6. The molecule has 1 aliphatic carbocycles. The van der Waals surface area contributed by atoms with E-state index in [0.29, 0.717) is 24.3 Å². The van der Waals surface area contributed by atoms with Crippen LogP contribution in [-0.4, -0.2) is 55.1 Å². The van der Waals surface area contributed by atoms with E-state index in [2.05, 4.69) is 4.72 Å². The van der Waals surface area contributed by atoms with Crippen molar-refractivity contribution in [3.63, 3.8) is 0 Å². The van der Waals surface area contributed by atoms with Crippen LogP contribution in [0.2, 0.25) is 5.02 Å². The van der Waals surface area contributed by atoms with Crippen LogP contribution in [0.5, 0.6) is 0 Å². The minimum absolute atomic E-state index is 0. The zero-order chi connectivity index (χ0) is 19.6. The second-order valence-corrected chi connectivity index (χ2v) is 9.06. The van der Waals surface area contributed by atoms with Gasteiger partial charge in [-0.15, -0.1) is 0 Å². The van der Waals surface area contributed by atoms with Crippen LogP contribution in [0.15, 0.2) is 41.3 Å². The molecule has 8 heteroatoms. The molecule has 1 radical (unpaired) electrons. The number of carbonyl (C=O) groups is 1. The monoisotopic (exact) mass is 430 g/mol. The van der Waals surface area contributed by atoms with Gasteiger partial charge < -0.3 is 5.11 Å². The van der Waals surface area contributed by atoms with Gasteiger partial charge in [-0.2, -0.15) is 0 Å². The SMILES string of the molecule is Cc1ccc2c(c1CCC(=O)O)CCC(NS(=O)(=O)c1ccc(Cl)cc1)C2.[Na]. The second-order valence-electron chi connectivity index (χ2n) is 6.91. The molecule has 2 aromatic rings. The number of benzene rings is 2. The number of rotatable bonds is 6. The topological polar surface area (TPSA) is 83.5 Å². The van der Waals surface area contributed by atoms with Crippen molar-refractivity contribution in [1.82, 2.24) is 4.72 Å². The molecule has 1 unspecified atom stereocenters. The Balaban J connectivity index is 0.00000280. The molecule has 1 atom stereocenters. The molecular formula is C20H22ClNNaO4S. The summed E-state index contributed by atoms with van der Waals surface area (Å²) in [6, 6.07) is 9.94. The van der Waals surface area contributed by atoms with Crippen LogP contribution in [0.25, 0.3) is 0 Å². The summed E-state index contributed by atoms with van der Waals surface area (Å²) in [7, 11) is -3.61. The predicted octanol–water partition coefficient (Wildman–Crippen LogP) is 3.12. The first-order chi connectivity index (χ1) is 12.8. The summed E-state index contributed by atoms with van der Waals surface area (Å²) in [6.45, 7) is 1.99. The van der Waals surface area contributed by atoms with Crippen molar-refractivity contribution in [1.29, 1.82) is 0 Å². The smallest absolute Gasteiger partial charge is 0.303 e. The number of fused-ring (bicyclic) bond motifs is 1. The molecule has 28 heavy (non-hydrogen) atoms. The van der Waals surface area contributed by atoms with Crippen molar-refractivity contribution in [2.75, 3.05) is 0 Å². The van der Waals surface area contributed by atoms with E-state index < -0.39 is 16.0 Å². The maximum Gasteiger partial charge on any atom is 0.303 e. The van der Waals surface area contributed by atoms with Gasteiger partial charge in [0.25, 0.3) is 0 Å². The maximum atomic E-state index is 12.6. The summed E-state index contributed by atoms with van der Waals surface area (Å²) >= 11 is 5.83. The van der Waals surface area contributed by atoms with Crippen LogP contribution in [-0.2, 0) is 34.1 Å². The van der Waals surface area contributed by atoms with Gasteiger partial charge in [0.1, 0.15) is 0 Å². The number of carboxylic acids is 1. The molecule has 0 fully saturated rings. The van der Waals surface area contributed by atoms with E-state index in [0.717, 1.165) is 23.1 Å². The fraction of sp³-hybridized carbons (Fsp3) is 0.350. The van der Waals surface area contributed by atoms with Crippen molar-refractivity contribution >= 4 is 57.2 Å². The first-order valence-electron chi connectivity index (χ1n) is 8.86. The molecule has 0 spiro atoms. The van der Waals surface area contributed by atoms with Gasteiger partial charge in [0.2, 0.25) is 10.0 Å². The number of nitrogens with one attached hydrogen (secondary N) is 1. The number of sulfonamides is 1. The van der Waals surface area contributed by atoms with Gasteiger partial charge in [-0.1, -0.05) is 23.7 Å². The normalized spacial score (nSPS) is 16.1. The maximum absolute atomic E-state index is 12.6. The van der Waals surface area contributed by atoms with Crippen LogP contribution >= 0.6 is 11.6 Å². The van der Waals surface area contributed by atoms with E-state index >= 15 is 0 Å². The van der Waals surface area contributed by atoms with E-state index in [1.54, 1.807) is 12.1 Å². The van der Waals surface area contributed by atoms with Gasteiger partial charge >= 0.3 is 5.97 Å². The van der Waals surface area contributed by atoms with Gasteiger partial charge in [0.05, 0.1) is 4.90 Å². The van der Waals surface area contributed by atoms with Gasteiger partial charge in [-0.3, -0.25) is 4.79 Å². The molecule has 0 bridgehead atoms. The second kappa shape index (κ2) is 9.74. The first kappa shape index (κ1) is 23.4. The number of hydrogen-bond donors (Lipinski definition) is 2. The molecule has 0 saturated heterocycles. The largest absolute Gasteiger partial charge is 0.481 e. The summed E-state index contributed by atoms with van der Waals surface area (Å²) in [5.74, 6) is -0.809. The van der Waals surface area contributed by atoms with Gasteiger partial charge in [-0.05, 0) is 79.1 Å². The van der Waals surface area contributed by atoms with Crippen molar-refractivity contribution in [2.24, 2.45) is 0 Å². The Morgan fingerprint density at radius 2 is 1.89 bits per heavy atom. The number of aryl methyl sites for hydroxylation is 1. The van der Waals surface area contributed by atoms with Crippen LogP contribution in [0.1, 0.15) is 35.1 Å². The van der Waals surface area contributed by atoms with E-state index in [1.807, 2.05) is 19.1 Å². The molecule has 3 rings (SSSR count). The fourth-order valence-corrected chi connectivity index (χ4v) is 5.03. The molecule has 0 aromatic heterocycles. The first-order valence-corrected chi connectivity index (χ1v) is 10.7. The van der Waals surface area contributed by atoms with E-state index in [9.17, 15) is 13.2 Å². The Morgan fingerprint density at radius 3 is 2.54 bits per heavy atom. The third-order valence-electron chi connectivity index (χ3n) is 5.01. The zero-order valence-electron chi connectivity index (χ0n) is 16.0. The van der Waals surface area contributed by atoms with E-state index in [1.165, 1.54) is 17.7 Å². The number of hydrogen-bond acceptors (Lipinski definition) is 3. The fourth-order valence-electron chi connectivity index (χ4n) is 3.63. The quantitative estimate of drug-likeness (QED) is 0.690. The third kappa shape index (κ3) is 5.59. The minimum atomic E-state index is -3.61. The standard InChI is InChI=1S/C20H22ClNO4S.Na/c1-13-2-3-14-12-16(6-9-19(14)18(13)10-11-20(23)24)22-27(25,26)17-7-4-15(21)5-8-17;/h2-5,7-8,16,22H,6,9-12H2,1H3,(H,23,24);. The number of aliphatic carboxylic acids is 1. The van der Waals surface area contributed by atoms with Crippen molar-refractivity contribution in [3.8, 4) is 0 Å². The summed E-state index contributed by atoms with van der Waals surface area (Å²) in [5.41, 5.74) is 4.46. The summed E-state index contributed by atoms with van der Waals surface area (Å²) in [6.07, 6.45) is 2.63. The van der Waals surface area contributed by atoms with Crippen LogP contribution in [0.4, 0.5) is 0 Å². The summed E-state index contributed by atoms with van der Waals surface area (Å²) < 4.78 is 28.0. The molecule has 145 valence electrons. The Labute approximate surface area is 192 Å². The molecule has 2 N–H and O–H groups in total. The molecular weight excluding hydrogens is 409 g/mol. The molecule has 1 aliphatic rings. The average Bonchev–Trinajstić information content (AvgIpc) is 2.61. The molecule has 2 aromatic carbocycles. The predicted molar refractivity (Wildman–Crippen MR) is 110 cm³/mol. The number of halogens is 1. The average molecular weight is 431 g/mol. The van der Waals surface area contributed by atoms with Crippen LogP contribution in [0, 0.1) is 6.92 Å². The van der Waals surface area contributed by atoms with Crippen LogP contribution in [0.3, 0.4) is 0 Å². The summed E-state index contributed by atoms with van der Waals surface area (Å²) in [5, 5.41) is 9.47. The number of carboxylic acid groups (broad SMARTS) is 1. The molecule has 5 nitrogen and oxygen atoms in total. The molecule has 0 aliphatic heterocycles. The molecule has 0 amide bonds. The van der Waals surface area contributed by atoms with E-state index in [4.69, 9.17) is 16.7 Å². The van der Waals surface area contributed by atoms with Crippen molar-refractivity contribution in [2.45, 2.75) is 50.0 Å². The van der Waals surface area contributed by atoms with Gasteiger partial charge in [0.15, 0.2) is 0 Å². The summed E-state index contributed by atoms with van der Waals surface area (Å²) in [4.78, 5) is 11.1. The Kier molecular flexibility index (Phi) is 8.14. The van der Waals surface area contributed by atoms with Crippen LogP contribution < -0.4 is 4.72 Å². The molecule has 0 heterocycles. The Morgan fingerprint density at radius 1 is 1.21 bits per heavy atom. The Bertz CT molecular complexity index is 961. The van der Waals surface area contributed by atoms with Crippen molar-refractivity contribution in [3.05, 3.63) is 63.7 Å². The minimum Gasteiger partial charge on any atom is -0.481 e. The van der Waals surface area contributed by atoms with Gasteiger partial charge in [0, 0.05) is 47.0 Å². The van der Waals surface area contributed by atoms with Gasteiger partial charge in [-0.25, -0.2) is 13.1 Å². The Hall–Kier alpha value is -0.890. The molecule has 0 saturated carbocycles. The van der Waals surface area contributed by atoms with E-state index in [-0.39, 0.29) is 46.9 Å². The third-order valence-corrected chi connectivity index (χ3v) is 6.79. The van der Waals surface area contributed by atoms with Crippen molar-refractivity contribution < 1.29 is 18.3 Å².